The third kappa shape index (κ3) is 2.96. The molecule has 0 aliphatic heterocycles. The Bertz CT molecular complexity index is 125. The highest BCUT2D eigenvalue weighted by atomic mass is 31.2. The van der Waals surface area contributed by atoms with Gasteiger partial charge >= 0.3 is 7.75 Å². The smallest absolute Gasteiger partial charge is 0.312 e. The molecule has 0 aliphatic carbocycles. The van der Waals surface area contributed by atoms with Gasteiger partial charge in [0.05, 0.1) is 6.61 Å². The minimum atomic E-state index is -3.43. The van der Waals surface area contributed by atoms with Gasteiger partial charge in [-0.2, -0.15) is 0 Å². The minimum Gasteiger partial charge on any atom is -0.312 e. The van der Waals surface area contributed by atoms with Gasteiger partial charge in [0.1, 0.15) is 0 Å². The first kappa shape index (κ1) is 9.11. The summed E-state index contributed by atoms with van der Waals surface area (Å²) in [6, 6.07) is 0. The summed E-state index contributed by atoms with van der Waals surface area (Å²) in [5.74, 6) is 0. The number of nitrogens with zero attached hydrogens (tertiary/aromatic N) is 1. The van der Waals surface area contributed by atoms with Crippen LogP contribution < -0.4 is 0 Å². The summed E-state index contributed by atoms with van der Waals surface area (Å²) in [4.78, 5) is 8.85. The van der Waals surface area contributed by atoms with Crippen LogP contribution in [0.5, 0.6) is 0 Å². The van der Waals surface area contributed by atoms with E-state index in [1.165, 1.54) is 14.1 Å². The van der Waals surface area contributed by atoms with Crippen molar-refractivity contribution in [3.63, 3.8) is 0 Å². The van der Waals surface area contributed by atoms with Crippen molar-refractivity contribution in [2.75, 3.05) is 20.7 Å². The molecule has 0 rings (SSSR count). The predicted octanol–water partition coefficient (Wildman–Crippen LogP) is 0.685. The Labute approximate surface area is 55.0 Å². The van der Waals surface area contributed by atoms with E-state index in [1.807, 2.05) is 0 Å². The Kier molecular flexibility index (Phi) is 3.36. The lowest BCUT2D eigenvalue weighted by atomic mass is 10.9. The van der Waals surface area contributed by atoms with Gasteiger partial charge < -0.3 is 4.89 Å². The van der Waals surface area contributed by atoms with E-state index in [4.69, 9.17) is 4.89 Å². The van der Waals surface area contributed by atoms with E-state index in [0.29, 0.717) is 0 Å². The molecule has 0 saturated heterocycles. The Morgan fingerprint density at radius 2 is 2.11 bits per heavy atom. The van der Waals surface area contributed by atoms with Gasteiger partial charge in [0.25, 0.3) is 0 Å². The Hall–Kier alpha value is 0.110. The van der Waals surface area contributed by atoms with Crippen LogP contribution in [0.3, 0.4) is 0 Å². The lowest BCUT2D eigenvalue weighted by molar-refractivity contribution is 0.233. The van der Waals surface area contributed by atoms with E-state index < -0.39 is 7.75 Å². The van der Waals surface area contributed by atoms with Crippen LogP contribution >= 0.6 is 7.75 Å². The van der Waals surface area contributed by atoms with E-state index in [2.05, 4.69) is 4.52 Å². The fourth-order valence-corrected chi connectivity index (χ4v) is 0.851. The topological polar surface area (TPSA) is 49.8 Å². The molecule has 0 heterocycles. The van der Waals surface area contributed by atoms with Crippen LogP contribution in [0.25, 0.3) is 0 Å². The lowest BCUT2D eigenvalue weighted by Gasteiger charge is -2.16. The summed E-state index contributed by atoms with van der Waals surface area (Å²) in [6.45, 7) is 1.93. The second-order valence-corrected chi connectivity index (χ2v) is 3.79. The van der Waals surface area contributed by atoms with Crippen molar-refractivity contribution in [3.05, 3.63) is 0 Å². The summed E-state index contributed by atoms with van der Waals surface area (Å²) in [6.07, 6.45) is 0. The highest BCUT2D eigenvalue weighted by molar-refractivity contribution is 7.50. The molecule has 1 N–H and O–H groups in total. The van der Waals surface area contributed by atoms with Crippen LogP contribution in [0.4, 0.5) is 0 Å². The molecular weight excluding hydrogens is 141 g/mol. The van der Waals surface area contributed by atoms with Crippen molar-refractivity contribution >= 4 is 7.75 Å². The van der Waals surface area contributed by atoms with Crippen LogP contribution in [0.15, 0.2) is 0 Å². The standard InChI is InChI=1S/C4H12NO3P/c1-4-8-9(6,7)5(2)3/h4H2,1-3H3,(H,6,7). The van der Waals surface area contributed by atoms with E-state index in [-0.39, 0.29) is 6.61 Å². The molecule has 0 fully saturated rings. The summed E-state index contributed by atoms with van der Waals surface area (Å²) in [5, 5.41) is 0. The Balaban J connectivity index is 3.87. The van der Waals surface area contributed by atoms with Gasteiger partial charge in [-0.15, -0.1) is 0 Å². The van der Waals surface area contributed by atoms with Crippen molar-refractivity contribution in [3.8, 4) is 0 Å². The van der Waals surface area contributed by atoms with Crippen molar-refractivity contribution in [1.82, 2.24) is 4.67 Å². The van der Waals surface area contributed by atoms with E-state index in [9.17, 15) is 4.57 Å². The first-order chi connectivity index (χ1) is 4.00. The summed E-state index contributed by atoms with van der Waals surface area (Å²) >= 11 is 0. The van der Waals surface area contributed by atoms with Crippen molar-refractivity contribution in [1.29, 1.82) is 0 Å². The number of hydrogen-bond donors (Lipinski definition) is 1. The summed E-state index contributed by atoms with van der Waals surface area (Å²) in [5.41, 5.74) is 0. The SMILES string of the molecule is CCOP(=O)(O)N(C)C. The van der Waals surface area contributed by atoms with Gasteiger partial charge in [-0.3, -0.25) is 4.52 Å². The Morgan fingerprint density at radius 1 is 1.67 bits per heavy atom. The molecule has 9 heavy (non-hydrogen) atoms. The molecule has 1 atom stereocenters. The monoisotopic (exact) mass is 153 g/mol. The molecule has 0 aromatic rings. The maximum absolute atomic E-state index is 10.8. The quantitative estimate of drug-likeness (QED) is 0.606. The zero-order valence-corrected chi connectivity index (χ0v) is 6.76. The van der Waals surface area contributed by atoms with Crippen molar-refractivity contribution < 1.29 is 14.0 Å². The van der Waals surface area contributed by atoms with Gasteiger partial charge in [-0.05, 0) is 21.0 Å². The van der Waals surface area contributed by atoms with Crippen LogP contribution in [-0.4, -0.2) is 30.3 Å². The molecule has 5 heteroatoms. The largest absolute Gasteiger partial charge is 0.405 e. The molecular formula is C4H12NO3P. The van der Waals surface area contributed by atoms with Crippen LogP contribution in [0.2, 0.25) is 0 Å². The van der Waals surface area contributed by atoms with Gasteiger partial charge in [-0.1, -0.05) is 0 Å². The average molecular weight is 153 g/mol. The summed E-state index contributed by atoms with van der Waals surface area (Å²) in [7, 11) is -0.438. The summed E-state index contributed by atoms with van der Waals surface area (Å²) < 4.78 is 16.5. The first-order valence-electron chi connectivity index (χ1n) is 2.66. The minimum absolute atomic E-state index is 0.256. The van der Waals surface area contributed by atoms with Gasteiger partial charge in [0.2, 0.25) is 0 Å². The second kappa shape index (κ2) is 3.32. The van der Waals surface area contributed by atoms with Gasteiger partial charge in [0, 0.05) is 0 Å². The molecule has 0 radical (unpaired) electrons. The molecule has 0 spiro atoms. The second-order valence-electron chi connectivity index (χ2n) is 1.76. The highest BCUT2D eigenvalue weighted by Crippen LogP contribution is 2.43. The maximum atomic E-state index is 10.8. The molecule has 0 aliphatic rings. The fraction of sp³-hybridized carbons (Fsp3) is 1.00. The molecule has 0 bridgehead atoms. The first-order valence-corrected chi connectivity index (χ1v) is 4.19. The predicted molar refractivity (Wildman–Crippen MR) is 35.1 cm³/mol. The van der Waals surface area contributed by atoms with Crippen molar-refractivity contribution in [2.24, 2.45) is 0 Å². The zero-order valence-electron chi connectivity index (χ0n) is 5.87. The van der Waals surface area contributed by atoms with E-state index in [0.717, 1.165) is 4.67 Å². The maximum Gasteiger partial charge on any atom is 0.405 e. The molecule has 4 nitrogen and oxygen atoms in total. The molecule has 56 valence electrons. The molecule has 0 amide bonds. The van der Waals surface area contributed by atoms with E-state index >= 15 is 0 Å². The van der Waals surface area contributed by atoms with Gasteiger partial charge in [-0.25, -0.2) is 9.24 Å². The number of rotatable bonds is 3. The highest BCUT2D eigenvalue weighted by Gasteiger charge is 2.20. The Morgan fingerprint density at radius 3 is 2.22 bits per heavy atom. The van der Waals surface area contributed by atoms with Gasteiger partial charge in [0.15, 0.2) is 0 Å². The van der Waals surface area contributed by atoms with Crippen LogP contribution in [0, 0.1) is 0 Å². The van der Waals surface area contributed by atoms with Crippen molar-refractivity contribution in [2.45, 2.75) is 6.92 Å². The van der Waals surface area contributed by atoms with Crippen LogP contribution in [-0.2, 0) is 9.09 Å². The lowest BCUT2D eigenvalue weighted by Crippen LogP contribution is -2.09. The molecule has 0 aromatic carbocycles. The molecule has 0 aromatic heterocycles. The van der Waals surface area contributed by atoms with E-state index in [1.54, 1.807) is 6.92 Å². The molecule has 1 unspecified atom stereocenters. The third-order valence-corrected chi connectivity index (χ3v) is 2.41. The average Bonchev–Trinajstić information content (AvgIpc) is 1.65. The fourth-order valence-electron chi connectivity index (χ4n) is 0.284. The normalized spacial score (nSPS) is 17.9. The van der Waals surface area contributed by atoms with Crippen LogP contribution in [0.1, 0.15) is 6.92 Å². The molecule has 0 saturated carbocycles. The zero-order chi connectivity index (χ0) is 7.49. The third-order valence-electron chi connectivity index (χ3n) is 0.803. The number of hydrogen-bond acceptors (Lipinski definition) is 2.